The van der Waals surface area contributed by atoms with Crippen molar-refractivity contribution < 1.29 is 41.5 Å². The van der Waals surface area contributed by atoms with E-state index in [4.69, 9.17) is 14.6 Å². The molecule has 150 valence electrons. The molecule has 1 aromatic carbocycles. The Morgan fingerprint density at radius 2 is 2.00 bits per heavy atom. The number of aliphatic hydroxyl groups is 1. The zero-order chi connectivity index (χ0) is 19.4. The molecule has 2 N–H and O–H groups in total. The molecule has 7 nitrogen and oxygen atoms in total. The van der Waals surface area contributed by atoms with Gasteiger partial charge in [-0.1, -0.05) is 0 Å². The second-order valence-corrected chi connectivity index (χ2v) is 6.96. The highest BCUT2D eigenvalue weighted by Gasteiger charge is 2.26. The van der Waals surface area contributed by atoms with E-state index in [1.54, 1.807) is 13.0 Å². The number of aromatic nitrogens is 1. The van der Waals surface area contributed by atoms with Crippen LogP contribution in [0.25, 0.3) is 10.9 Å². The minimum atomic E-state index is -0.439. The van der Waals surface area contributed by atoms with Gasteiger partial charge in [-0.3, -0.25) is 4.79 Å². The second kappa shape index (κ2) is 10.1. The first kappa shape index (κ1) is 23.4. The third-order valence-corrected chi connectivity index (χ3v) is 4.74. The number of carbonyl (C=O) groups excluding carboxylic acids is 2. The molecule has 0 spiro atoms. The average molecular weight is 464 g/mol. The summed E-state index contributed by atoms with van der Waals surface area (Å²) >= 11 is 3.41. The first-order chi connectivity index (χ1) is 12.3. The van der Waals surface area contributed by atoms with E-state index >= 15 is 0 Å². The molecule has 27 heavy (non-hydrogen) atoms. The van der Waals surface area contributed by atoms with Gasteiger partial charge >= 0.3 is 11.9 Å². The fourth-order valence-electron chi connectivity index (χ4n) is 2.93. The molecule has 2 aromatic rings. The van der Waals surface area contributed by atoms with Crippen LogP contribution < -0.4 is 22.0 Å². The normalized spacial score (nSPS) is 11.8. The standard InChI is InChI=1S/C18H23BrN2O5.ClH/c1-5-25-18(24)17-12-8-16(26-11(2)23)13(19)9-14(12)21(4)15(17)10-20(3)6-7-22;/h8-9,22H,5-7,10H2,1-4H3;1H. The van der Waals surface area contributed by atoms with Crippen LogP contribution in [0.2, 0.25) is 0 Å². The Morgan fingerprint density at radius 3 is 2.56 bits per heavy atom. The van der Waals surface area contributed by atoms with Gasteiger partial charge in [-0.05, 0) is 35.0 Å². The smallest absolute Gasteiger partial charge is 0.340 e. The third kappa shape index (κ3) is 5.22. The number of hydrogen-bond donors (Lipinski definition) is 2. The molecule has 0 aliphatic heterocycles. The van der Waals surface area contributed by atoms with E-state index in [0.29, 0.717) is 34.3 Å². The number of carbonyl (C=O) groups is 2. The summed E-state index contributed by atoms with van der Waals surface area (Å²) in [5, 5.41) is 9.83. The van der Waals surface area contributed by atoms with Gasteiger partial charge in [0.25, 0.3) is 0 Å². The van der Waals surface area contributed by atoms with Gasteiger partial charge < -0.3 is 36.5 Å². The summed E-state index contributed by atoms with van der Waals surface area (Å²) < 4.78 is 13.0. The number of quaternary nitrogens is 1. The Hall–Kier alpha value is -1.61. The number of aliphatic hydroxyl groups excluding tert-OH is 1. The van der Waals surface area contributed by atoms with Crippen LogP contribution in [0.4, 0.5) is 0 Å². The number of ether oxygens (including phenoxy) is 2. The van der Waals surface area contributed by atoms with Gasteiger partial charge in [0.2, 0.25) is 0 Å². The quantitative estimate of drug-likeness (QED) is 0.369. The van der Waals surface area contributed by atoms with E-state index in [1.165, 1.54) is 6.92 Å². The van der Waals surface area contributed by atoms with Crippen molar-refractivity contribution in [2.24, 2.45) is 7.05 Å². The van der Waals surface area contributed by atoms with Crippen LogP contribution in [-0.2, 0) is 23.1 Å². The molecule has 2 rings (SSSR count). The molecule has 1 unspecified atom stereocenters. The lowest BCUT2D eigenvalue weighted by atomic mass is 10.1. The molecule has 1 aromatic heterocycles. The van der Waals surface area contributed by atoms with E-state index in [-0.39, 0.29) is 25.6 Å². The zero-order valence-electron chi connectivity index (χ0n) is 15.8. The second-order valence-electron chi connectivity index (χ2n) is 6.10. The lowest BCUT2D eigenvalue weighted by Gasteiger charge is -2.14. The minimum Gasteiger partial charge on any atom is -1.00 e. The molecule has 0 fully saturated rings. The van der Waals surface area contributed by atoms with Crippen molar-refractivity contribution in [2.75, 3.05) is 26.8 Å². The highest BCUT2D eigenvalue weighted by Crippen LogP contribution is 2.35. The molecule has 0 aliphatic rings. The van der Waals surface area contributed by atoms with E-state index in [1.807, 2.05) is 24.7 Å². The number of fused-ring (bicyclic) bond motifs is 1. The number of nitrogens with zero attached hydrogens (tertiary/aromatic N) is 1. The van der Waals surface area contributed by atoms with E-state index in [9.17, 15) is 9.59 Å². The molecule has 9 heteroatoms. The Morgan fingerprint density at radius 1 is 1.33 bits per heavy atom. The van der Waals surface area contributed by atoms with Crippen LogP contribution in [0.3, 0.4) is 0 Å². The van der Waals surface area contributed by atoms with Crippen molar-refractivity contribution >= 4 is 38.8 Å². The van der Waals surface area contributed by atoms with Gasteiger partial charge in [0, 0.05) is 19.4 Å². The lowest BCUT2D eigenvalue weighted by molar-refractivity contribution is -0.894. The van der Waals surface area contributed by atoms with Crippen molar-refractivity contribution in [1.29, 1.82) is 0 Å². The summed E-state index contributed by atoms with van der Waals surface area (Å²) in [4.78, 5) is 25.0. The van der Waals surface area contributed by atoms with Crippen LogP contribution in [-0.4, -0.2) is 48.4 Å². The fraction of sp³-hybridized carbons (Fsp3) is 0.444. The Bertz CT molecular complexity index is 837. The largest absolute Gasteiger partial charge is 1.00 e. The SMILES string of the molecule is CCOC(=O)c1c(C[NH+](C)CCO)n(C)c2cc(Br)c(OC(C)=O)cc12.[Cl-]. The minimum absolute atomic E-state index is 0. The van der Waals surface area contributed by atoms with Crippen LogP contribution in [0.1, 0.15) is 29.9 Å². The number of aryl methyl sites for hydroxylation is 1. The molecule has 0 saturated heterocycles. The van der Waals surface area contributed by atoms with E-state index in [2.05, 4.69) is 15.9 Å². The highest BCUT2D eigenvalue weighted by molar-refractivity contribution is 9.10. The number of rotatable bonds is 7. The molecular weight excluding hydrogens is 440 g/mol. The molecule has 0 bridgehead atoms. The number of halogens is 2. The highest BCUT2D eigenvalue weighted by atomic mass is 79.9. The maximum Gasteiger partial charge on any atom is 0.340 e. The number of nitrogens with one attached hydrogen (secondary N) is 1. The van der Waals surface area contributed by atoms with Gasteiger partial charge in [-0.2, -0.15) is 0 Å². The predicted octanol–water partition coefficient (Wildman–Crippen LogP) is -1.95. The first-order valence-electron chi connectivity index (χ1n) is 8.38. The molecule has 1 atom stereocenters. The Balaban J connectivity index is 0.00000364. The van der Waals surface area contributed by atoms with Crippen molar-refractivity contribution in [3.63, 3.8) is 0 Å². The van der Waals surface area contributed by atoms with Crippen molar-refractivity contribution in [2.45, 2.75) is 20.4 Å². The Kier molecular flexibility index (Phi) is 8.74. The molecule has 0 aliphatic carbocycles. The summed E-state index contributed by atoms with van der Waals surface area (Å²) in [6, 6.07) is 3.50. The van der Waals surface area contributed by atoms with Crippen LogP contribution in [0.15, 0.2) is 16.6 Å². The van der Waals surface area contributed by atoms with Gasteiger partial charge in [0.1, 0.15) is 18.8 Å². The van der Waals surface area contributed by atoms with Crippen molar-refractivity contribution in [3.05, 3.63) is 27.9 Å². The zero-order valence-corrected chi connectivity index (χ0v) is 18.1. The van der Waals surface area contributed by atoms with Gasteiger partial charge in [-0.25, -0.2) is 4.79 Å². The number of esters is 2. The summed E-state index contributed by atoms with van der Waals surface area (Å²) in [6.07, 6.45) is 0. The van der Waals surface area contributed by atoms with Crippen LogP contribution in [0, 0.1) is 0 Å². The fourth-order valence-corrected chi connectivity index (χ4v) is 3.34. The summed E-state index contributed by atoms with van der Waals surface area (Å²) in [5.41, 5.74) is 2.08. The molecule has 0 radical (unpaired) electrons. The lowest BCUT2D eigenvalue weighted by Crippen LogP contribution is -3.08. The van der Waals surface area contributed by atoms with E-state index < -0.39 is 11.9 Å². The number of benzene rings is 1. The number of hydrogen-bond acceptors (Lipinski definition) is 5. The van der Waals surface area contributed by atoms with Crippen molar-refractivity contribution in [1.82, 2.24) is 4.57 Å². The third-order valence-electron chi connectivity index (χ3n) is 4.12. The maximum absolute atomic E-state index is 12.6. The average Bonchev–Trinajstić information content (AvgIpc) is 2.80. The molecule has 0 saturated carbocycles. The van der Waals surface area contributed by atoms with Crippen molar-refractivity contribution in [3.8, 4) is 5.75 Å². The summed E-state index contributed by atoms with van der Waals surface area (Å²) in [5.74, 6) is -0.504. The maximum atomic E-state index is 12.6. The summed E-state index contributed by atoms with van der Waals surface area (Å²) in [6.45, 7) is 4.51. The predicted molar refractivity (Wildman–Crippen MR) is 100 cm³/mol. The Labute approximate surface area is 172 Å². The monoisotopic (exact) mass is 462 g/mol. The topological polar surface area (TPSA) is 82.2 Å². The number of likely N-dealkylation sites (N-methyl/N-ethyl adjacent to an activating group) is 1. The molecule has 0 amide bonds. The molecular formula is C18H24BrClN2O5. The van der Waals surface area contributed by atoms with Crippen LogP contribution >= 0.6 is 15.9 Å². The van der Waals surface area contributed by atoms with Gasteiger partial charge in [-0.15, -0.1) is 0 Å². The van der Waals surface area contributed by atoms with E-state index in [0.717, 1.165) is 16.1 Å². The summed E-state index contributed by atoms with van der Waals surface area (Å²) in [7, 11) is 3.83. The van der Waals surface area contributed by atoms with Crippen LogP contribution in [0.5, 0.6) is 5.75 Å². The van der Waals surface area contributed by atoms with Gasteiger partial charge in [0.15, 0.2) is 0 Å². The first-order valence-corrected chi connectivity index (χ1v) is 9.17. The molecule has 1 heterocycles. The van der Waals surface area contributed by atoms with Gasteiger partial charge in [0.05, 0.1) is 41.5 Å².